The number of ether oxygens (including phenoxy) is 1. The van der Waals surface area contributed by atoms with Gasteiger partial charge in [-0.25, -0.2) is 4.79 Å². The van der Waals surface area contributed by atoms with Crippen LogP contribution in [0.3, 0.4) is 0 Å². The third-order valence-electron chi connectivity index (χ3n) is 4.67. The van der Waals surface area contributed by atoms with Gasteiger partial charge in [0.25, 0.3) is 0 Å². The molecule has 0 saturated heterocycles. The molecule has 3 rings (SSSR count). The maximum atomic E-state index is 12.3. The summed E-state index contributed by atoms with van der Waals surface area (Å²) in [5.41, 5.74) is 3.65. The van der Waals surface area contributed by atoms with E-state index in [1.165, 1.54) is 11.1 Å². The van der Waals surface area contributed by atoms with Crippen LogP contribution in [0.1, 0.15) is 29.5 Å². The normalized spacial score (nSPS) is 15.8. The molecule has 0 spiro atoms. The smallest absolute Gasteiger partial charge is 0.341 e. The topological polar surface area (TPSA) is 75.6 Å². The van der Waals surface area contributed by atoms with Gasteiger partial charge < -0.3 is 15.2 Å². The molecule has 26 heavy (non-hydrogen) atoms. The van der Waals surface area contributed by atoms with Crippen molar-refractivity contribution in [3.63, 3.8) is 0 Å². The Morgan fingerprint density at radius 2 is 1.92 bits per heavy atom. The Morgan fingerprint density at radius 3 is 2.73 bits per heavy atom. The molecule has 0 bridgehead atoms. The van der Waals surface area contributed by atoms with Crippen molar-refractivity contribution in [2.75, 3.05) is 6.61 Å². The quantitative estimate of drug-likeness (QED) is 0.802. The van der Waals surface area contributed by atoms with Gasteiger partial charge in [0.15, 0.2) is 6.61 Å². The highest BCUT2D eigenvalue weighted by Crippen LogP contribution is 2.27. The predicted molar refractivity (Wildman–Crippen MR) is 98.0 cm³/mol. The number of carboxylic acid groups (broad SMARTS) is 1. The second-order valence-corrected chi connectivity index (χ2v) is 6.69. The lowest BCUT2D eigenvalue weighted by Gasteiger charge is -2.24. The molecule has 2 aromatic rings. The summed E-state index contributed by atoms with van der Waals surface area (Å²) in [6, 6.07) is 15.6. The lowest BCUT2D eigenvalue weighted by molar-refractivity contribution is -0.139. The van der Waals surface area contributed by atoms with E-state index in [9.17, 15) is 9.59 Å². The summed E-state index contributed by atoms with van der Waals surface area (Å²) in [6.45, 7) is 0.0331. The number of aliphatic carboxylic acids is 1. The van der Waals surface area contributed by atoms with Gasteiger partial charge in [-0.1, -0.05) is 36.4 Å². The Kier molecular flexibility index (Phi) is 5.89. The van der Waals surface area contributed by atoms with Gasteiger partial charge in [0, 0.05) is 13.0 Å². The third-order valence-corrected chi connectivity index (χ3v) is 4.67. The highest BCUT2D eigenvalue weighted by molar-refractivity contribution is 5.76. The number of rotatable bonds is 7. The molecular weight excluding hydrogens is 330 g/mol. The van der Waals surface area contributed by atoms with E-state index in [0.717, 1.165) is 24.8 Å². The van der Waals surface area contributed by atoms with E-state index in [2.05, 4.69) is 29.6 Å². The van der Waals surface area contributed by atoms with Crippen molar-refractivity contribution in [3.05, 3.63) is 65.2 Å². The summed E-state index contributed by atoms with van der Waals surface area (Å²) in [7, 11) is 0. The summed E-state index contributed by atoms with van der Waals surface area (Å²) in [5, 5.41) is 11.6. The first-order valence-electron chi connectivity index (χ1n) is 8.87. The van der Waals surface area contributed by atoms with Crippen molar-refractivity contribution in [1.29, 1.82) is 0 Å². The summed E-state index contributed by atoms with van der Waals surface area (Å²) in [4.78, 5) is 22.8. The van der Waals surface area contributed by atoms with Crippen molar-refractivity contribution >= 4 is 11.9 Å². The zero-order chi connectivity index (χ0) is 18.4. The van der Waals surface area contributed by atoms with Gasteiger partial charge in [-0.3, -0.25) is 4.79 Å². The molecule has 0 saturated carbocycles. The van der Waals surface area contributed by atoms with E-state index in [1.54, 1.807) is 18.2 Å². The third kappa shape index (κ3) is 5.09. The average Bonchev–Trinajstić information content (AvgIpc) is 2.65. The minimum Gasteiger partial charge on any atom is -0.482 e. The molecule has 0 aliphatic heterocycles. The largest absolute Gasteiger partial charge is 0.482 e. The molecule has 1 amide bonds. The fourth-order valence-corrected chi connectivity index (χ4v) is 3.37. The van der Waals surface area contributed by atoms with Crippen LogP contribution in [0.25, 0.3) is 0 Å². The number of carboxylic acids is 1. The van der Waals surface area contributed by atoms with E-state index in [0.29, 0.717) is 24.6 Å². The number of carbonyl (C=O) groups is 2. The summed E-state index contributed by atoms with van der Waals surface area (Å²) >= 11 is 0. The zero-order valence-electron chi connectivity index (χ0n) is 14.6. The first-order valence-corrected chi connectivity index (χ1v) is 8.87. The van der Waals surface area contributed by atoms with E-state index >= 15 is 0 Å². The van der Waals surface area contributed by atoms with Gasteiger partial charge in [-0.15, -0.1) is 0 Å². The van der Waals surface area contributed by atoms with Crippen molar-refractivity contribution in [2.24, 2.45) is 5.92 Å². The van der Waals surface area contributed by atoms with Gasteiger partial charge in [-0.05, 0) is 54.0 Å². The van der Waals surface area contributed by atoms with Crippen molar-refractivity contribution < 1.29 is 19.4 Å². The van der Waals surface area contributed by atoms with Crippen LogP contribution in [0.15, 0.2) is 48.5 Å². The number of hydrogen-bond donors (Lipinski definition) is 2. The SMILES string of the molecule is O=C(O)COc1cccc(CNC(=O)CC2CCc3ccccc3C2)c1. The minimum absolute atomic E-state index is 0.0474. The van der Waals surface area contributed by atoms with Crippen molar-refractivity contribution in [1.82, 2.24) is 5.32 Å². The number of benzene rings is 2. The van der Waals surface area contributed by atoms with Gasteiger partial charge in [0.05, 0.1) is 0 Å². The fraction of sp³-hybridized carbons (Fsp3) is 0.333. The Bertz CT molecular complexity index is 787. The highest BCUT2D eigenvalue weighted by atomic mass is 16.5. The number of carbonyl (C=O) groups excluding carboxylic acids is 1. The average molecular weight is 353 g/mol. The van der Waals surface area contributed by atoms with Crippen LogP contribution in [-0.2, 0) is 29.0 Å². The number of aryl methyl sites for hydroxylation is 1. The van der Waals surface area contributed by atoms with Crippen molar-refractivity contribution in [2.45, 2.75) is 32.2 Å². The molecule has 1 aliphatic carbocycles. The molecule has 1 unspecified atom stereocenters. The van der Waals surface area contributed by atoms with E-state index in [1.807, 2.05) is 6.07 Å². The maximum Gasteiger partial charge on any atom is 0.341 e. The first-order chi connectivity index (χ1) is 12.6. The zero-order valence-corrected chi connectivity index (χ0v) is 14.6. The van der Waals surface area contributed by atoms with Crippen LogP contribution >= 0.6 is 0 Å². The standard InChI is InChI=1S/C21H23NO4/c23-20(12-15-8-9-17-5-1-2-6-18(17)10-15)22-13-16-4-3-7-19(11-16)26-14-21(24)25/h1-7,11,15H,8-10,12-14H2,(H,22,23)(H,24,25). The van der Waals surface area contributed by atoms with Gasteiger partial charge >= 0.3 is 5.97 Å². The molecule has 0 heterocycles. The van der Waals surface area contributed by atoms with Crippen molar-refractivity contribution in [3.8, 4) is 5.75 Å². The van der Waals surface area contributed by atoms with Crippen LogP contribution in [0.2, 0.25) is 0 Å². The molecule has 136 valence electrons. The molecule has 2 N–H and O–H groups in total. The molecule has 0 radical (unpaired) electrons. The first kappa shape index (κ1) is 18.0. The number of nitrogens with one attached hydrogen (secondary N) is 1. The van der Waals surface area contributed by atoms with E-state index in [4.69, 9.17) is 9.84 Å². The maximum absolute atomic E-state index is 12.3. The fourth-order valence-electron chi connectivity index (χ4n) is 3.37. The Balaban J connectivity index is 1.47. The lowest BCUT2D eigenvalue weighted by Crippen LogP contribution is -2.27. The molecule has 0 fully saturated rings. The van der Waals surface area contributed by atoms with Crippen LogP contribution in [0.5, 0.6) is 5.75 Å². The van der Waals surface area contributed by atoms with E-state index in [-0.39, 0.29) is 12.5 Å². The molecule has 5 nitrogen and oxygen atoms in total. The minimum atomic E-state index is -1.02. The summed E-state index contributed by atoms with van der Waals surface area (Å²) < 4.78 is 5.16. The van der Waals surface area contributed by atoms with Crippen LogP contribution in [0.4, 0.5) is 0 Å². The Hall–Kier alpha value is -2.82. The molecule has 5 heteroatoms. The van der Waals surface area contributed by atoms with E-state index < -0.39 is 5.97 Å². The second kappa shape index (κ2) is 8.52. The molecule has 1 aliphatic rings. The van der Waals surface area contributed by atoms with Gasteiger partial charge in [-0.2, -0.15) is 0 Å². The number of fused-ring (bicyclic) bond motifs is 1. The number of hydrogen-bond acceptors (Lipinski definition) is 3. The van der Waals surface area contributed by atoms with Crippen LogP contribution in [0, 0.1) is 5.92 Å². The van der Waals surface area contributed by atoms with Crippen LogP contribution in [-0.4, -0.2) is 23.6 Å². The molecule has 0 aromatic heterocycles. The predicted octanol–water partition coefficient (Wildman–Crippen LogP) is 2.96. The molecular formula is C21H23NO4. The van der Waals surface area contributed by atoms with Crippen LogP contribution < -0.4 is 10.1 Å². The number of amides is 1. The Morgan fingerprint density at radius 1 is 1.12 bits per heavy atom. The molecule has 2 aromatic carbocycles. The Labute approximate surface area is 153 Å². The van der Waals surface area contributed by atoms with Gasteiger partial charge in [0.2, 0.25) is 5.91 Å². The monoisotopic (exact) mass is 353 g/mol. The lowest BCUT2D eigenvalue weighted by atomic mass is 9.82. The summed E-state index contributed by atoms with van der Waals surface area (Å²) in [5.74, 6) is -0.0952. The van der Waals surface area contributed by atoms with Gasteiger partial charge in [0.1, 0.15) is 5.75 Å². The second-order valence-electron chi connectivity index (χ2n) is 6.69. The molecule has 1 atom stereocenters. The summed E-state index contributed by atoms with van der Waals surface area (Å²) in [6.07, 6.45) is 3.58. The highest BCUT2D eigenvalue weighted by Gasteiger charge is 2.20.